The SMILES string of the molecule is CCCCc1ccc(N2C(=O)C(Nc3ccccc3)=C(c3ccc(OC)cc3)C2=O)cc1. The first kappa shape index (κ1) is 21.4. The number of hydrogen-bond donors (Lipinski definition) is 1. The number of benzene rings is 3. The highest BCUT2D eigenvalue weighted by Crippen LogP contribution is 2.34. The zero-order valence-corrected chi connectivity index (χ0v) is 18.3. The summed E-state index contributed by atoms with van der Waals surface area (Å²) in [5.41, 5.74) is 3.77. The Hall–Kier alpha value is -3.86. The van der Waals surface area contributed by atoms with E-state index in [1.807, 2.05) is 54.6 Å². The van der Waals surface area contributed by atoms with Crippen molar-refractivity contribution in [2.24, 2.45) is 0 Å². The Kier molecular flexibility index (Phi) is 6.36. The molecule has 0 spiro atoms. The number of aryl methyl sites for hydroxylation is 1. The summed E-state index contributed by atoms with van der Waals surface area (Å²) in [6.45, 7) is 2.16. The molecule has 0 unspecified atom stereocenters. The fourth-order valence-corrected chi connectivity index (χ4v) is 3.76. The summed E-state index contributed by atoms with van der Waals surface area (Å²) >= 11 is 0. The second-order valence-corrected chi connectivity index (χ2v) is 7.69. The molecule has 0 atom stereocenters. The van der Waals surface area contributed by atoms with Crippen molar-refractivity contribution < 1.29 is 14.3 Å². The van der Waals surface area contributed by atoms with Gasteiger partial charge in [-0.05, 0) is 60.4 Å². The van der Waals surface area contributed by atoms with Gasteiger partial charge in [-0.1, -0.05) is 55.8 Å². The average Bonchev–Trinajstić information content (AvgIpc) is 3.08. The lowest BCUT2D eigenvalue weighted by atomic mass is 10.0. The van der Waals surface area contributed by atoms with Crippen LogP contribution in [0.5, 0.6) is 5.75 Å². The standard InChI is InChI=1S/C27H26N2O3/c1-3-4-8-19-11-15-22(16-12-19)29-26(30)24(20-13-17-23(32-2)18-14-20)25(27(29)31)28-21-9-6-5-7-10-21/h5-7,9-18,28H,3-4,8H2,1-2H3. The number of carbonyl (C=O) groups is 2. The number of nitrogens with one attached hydrogen (secondary N) is 1. The second-order valence-electron chi connectivity index (χ2n) is 7.69. The topological polar surface area (TPSA) is 58.6 Å². The molecule has 1 aliphatic rings. The molecule has 4 rings (SSSR count). The molecule has 0 saturated heterocycles. The van der Waals surface area contributed by atoms with Gasteiger partial charge in [-0.25, -0.2) is 4.90 Å². The second kappa shape index (κ2) is 9.52. The predicted octanol–water partition coefficient (Wildman–Crippen LogP) is 5.43. The van der Waals surface area contributed by atoms with Gasteiger partial charge in [-0.2, -0.15) is 0 Å². The minimum Gasteiger partial charge on any atom is -0.497 e. The van der Waals surface area contributed by atoms with Crippen LogP contribution in [0.2, 0.25) is 0 Å². The number of nitrogens with zero attached hydrogens (tertiary/aromatic N) is 1. The summed E-state index contributed by atoms with van der Waals surface area (Å²) in [6, 6.07) is 24.2. The fourth-order valence-electron chi connectivity index (χ4n) is 3.76. The highest BCUT2D eigenvalue weighted by molar-refractivity contribution is 6.46. The average molecular weight is 427 g/mol. The first-order chi connectivity index (χ1) is 15.6. The summed E-state index contributed by atoms with van der Waals surface area (Å²) in [7, 11) is 1.59. The molecule has 0 radical (unpaired) electrons. The first-order valence-corrected chi connectivity index (χ1v) is 10.8. The van der Waals surface area contributed by atoms with E-state index in [0.717, 1.165) is 24.9 Å². The van der Waals surface area contributed by atoms with E-state index >= 15 is 0 Å². The Balaban J connectivity index is 1.72. The van der Waals surface area contributed by atoms with Gasteiger partial charge in [0.25, 0.3) is 11.8 Å². The van der Waals surface area contributed by atoms with E-state index in [1.165, 1.54) is 10.5 Å². The molecule has 0 bridgehead atoms. The molecule has 0 aliphatic carbocycles. The van der Waals surface area contributed by atoms with E-state index in [9.17, 15) is 9.59 Å². The van der Waals surface area contributed by atoms with Crippen LogP contribution in [0.4, 0.5) is 11.4 Å². The lowest BCUT2D eigenvalue weighted by Crippen LogP contribution is -2.32. The minimum atomic E-state index is -0.369. The molecule has 5 heteroatoms. The molecule has 1 heterocycles. The molecule has 5 nitrogen and oxygen atoms in total. The number of anilines is 2. The van der Waals surface area contributed by atoms with E-state index in [-0.39, 0.29) is 17.5 Å². The van der Waals surface area contributed by atoms with E-state index < -0.39 is 0 Å². The lowest BCUT2D eigenvalue weighted by Gasteiger charge is -2.16. The number of unbranched alkanes of at least 4 members (excludes halogenated alkanes) is 1. The van der Waals surface area contributed by atoms with Gasteiger partial charge in [-0.15, -0.1) is 0 Å². The third kappa shape index (κ3) is 4.28. The van der Waals surface area contributed by atoms with Crippen molar-refractivity contribution in [1.29, 1.82) is 0 Å². The number of amides is 2. The Labute approximate surface area is 188 Å². The fraction of sp³-hybridized carbons (Fsp3) is 0.185. The van der Waals surface area contributed by atoms with Crippen LogP contribution in [-0.2, 0) is 16.0 Å². The number of rotatable bonds is 8. The Morgan fingerprint density at radius 1 is 0.844 bits per heavy atom. The molecule has 3 aromatic rings. The lowest BCUT2D eigenvalue weighted by molar-refractivity contribution is -0.120. The van der Waals surface area contributed by atoms with Gasteiger partial charge < -0.3 is 10.1 Å². The molecule has 1 aliphatic heterocycles. The number of imide groups is 1. The molecule has 0 aromatic heterocycles. The van der Waals surface area contributed by atoms with Crippen LogP contribution in [0.25, 0.3) is 5.57 Å². The van der Waals surface area contributed by atoms with Crippen molar-refractivity contribution >= 4 is 28.8 Å². The largest absolute Gasteiger partial charge is 0.497 e. The van der Waals surface area contributed by atoms with Crippen molar-refractivity contribution in [2.45, 2.75) is 26.2 Å². The third-order valence-corrected chi connectivity index (χ3v) is 5.52. The maximum atomic E-state index is 13.5. The smallest absolute Gasteiger partial charge is 0.282 e. The van der Waals surface area contributed by atoms with E-state index in [1.54, 1.807) is 31.4 Å². The van der Waals surface area contributed by atoms with Crippen molar-refractivity contribution in [3.63, 3.8) is 0 Å². The number of carbonyl (C=O) groups excluding carboxylic acids is 2. The molecule has 0 fully saturated rings. The van der Waals surface area contributed by atoms with Crippen molar-refractivity contribution in [1.82, 2.24) is 0 Å². The van der Waals surface area contributed by atoms with Crippen LogP contribution in [0.1, 0.15) is 30.9 Å². The van der Waals surface area contributed by atoms with E-state index in [4.69, 9.17) is 4.74 Å². The number of methoxy groups -OCH3 is 1. The summed E-state index contributed by atoms with van der Waals surface area (Å²) < 4.78 is 5.24. The van der Waals surface area contributed by atoms with Crippen LogP contribution in [0.3, 0.4) is 0 Å². The van der Waals surface area contributed by atoms with Gasteiger partial charge in [0.05, 0.1) is 18.4 Å². The van der Waals surface area contributed by atoms with Gasteiger partial charge in [0.1, 0.15) is 11.4 Å². The maximum Gasteiger partial charge on any atom is 0.282 e. The van der Waals surface area contributed by atoms with Gasteiger partial charge in [0.15, 0.2) is 0 Å². The summed E-state index contributed by atoms with van der Waals surface area (Å²) in [5.74, 6) is -0.0332. The number of para-hydroxylation sites is 1. The monoisotopic (exact) mass is 426 g/mol. The first-order valence-electron chi connectivity index (χ1n) is 10.8. The zero-order chi connectivity index (χ0) is 22.5. The normalized spacial score (nSPS) is 13.6. The molecule has 1 N–H and O–H groups in total. The van der Waals surface area contributed by atoms with Crippen molar-refractivity contribution in [2.75, 3.05) is 17.3 Å². The molecular formula is C27H26N2O3. The molecule has 3 aromatic carbocycles. The molecule has 0 saturated carbocycles. The van der Waals surface area contributed by atoms with Crippen LogP contribution in [0.15, 0.2) is 84.6 Å². The minimum absolute atomic E-state index is 0.265. The van der Waals surface area contributed by atoms with E-state index in [2.05, 4.69) is 12.2 Å². The number of ether oxygens (including phenoxy) is 1. The van der Waals surface area contributed by atoms with Gasteiger partial charge >= 0.3 is 0 Å². The van der Waals surface area contributed by atoms with Crippen molar-refractivity contribution in [3.8, 4) is 5.75 Å². The summed E-state index contributed by atoms with van der Waals surface area (Å²) in [6.07, 6.45) is 3.21. The maximum absolute atomic E-state index is 13.5. The molecule has 32 heavy (non-hydrogen) atoms. The Morgan fingerprint density at radius 2 is 1.53 bits per heavy atom. The summed E-state index contributed by atoms with van der Waals surface area (Å²) in [5, 5.41) is 3.17. The highest BCUT2D eigenvalue weighted by atomic mass is 16.5. The highest BCUT2D eigenvalue weighted by Gasteiger charge is 2.40. The van der Waals surface area contributed by atoms with Gasteiger partial charge in [0, 0.05) is 5.69 Å². The van der Waals surface area contributed by atoms with Crippen molar-refractivity contribution in [3.05, 3.63) is 95.7 Å². The number of hydrogen-bond acceptors (Lipinski definition) is 4. The molecule has 162 valence electrons. The Bertz CT molecular complexity index is 1130. The van der Waals surface area contributed by atoms with Gasteiger partial charge in [-0.3, -0.25) is 9.59 Å². The Morgan fingerprint density at radius 3 is 2.16 bits per heavy atom. The molecule has 2 amide bonds. The predicted molar refractivity (Wildman–Crippen MR) is 128 cm³/mol. The third-order valence-electron chi connectivity index (χ3n) is 5.52. The van der Waals surface area contributed by atoms with E-state index in [0.29, 0.717) is 22.6 Å². The van der Waals surface area contributed by atoms with Crippen LogP contribution in [-0.4, -0.2) is 18.9 Å². The zero-order valence-electron chi connectivity index (χ0n) is 18.3. The van der Waals surface area contributed by atoms with Crippen LogP contribution < -0.4 is 15.0 Å². The van der Waals surface area contributed by atoms with Gasteiger partial charge in [0.2, 0.25) is 0 Å². The molecular weight excluding hydrogens is 400 g/mol. The van der Waals surface area contributed by atoms with Crippen LogP contribution >= 0.6 is 0 Å². The van der Waals surface area contributed by atoms with Crippen LogP contribution in [0, 0.1) is 0 Å². The summed E-state index contributed by atoms with van der Waals surface area (Å²) in [4.78, 5) is 28.2. The quantitative estimate of drug-likeness (QED) is 0.488.